The Morgan fingerprint density at radius 3 is 2.71 bits per heavy atom. The summed E-state index contributed by atoms with van der Waals surface area (Å²) in [6.07, 6.45) is 2.83. The summed E-state index contributed by atoms with van der Waals surface area (Å²) in [5.41, 5.74) is 8.43. The lowest BCUT2D eigenvalue weighted by molar-refractivity contribution is -0.122. The van der Waals surface area contributed by atoms with Gasteiger partial charge in [0.05, 0.1) is 0 Å². The van der Waals surface area contributed by atoms with Crippen LogP contribution in [0.4, 0.5) is 5.69 Å². The number of nitrogens with two attached hydrogens (primary N) is 1. The van der Waals surface area contributed by atoms with Gasteiger partial charge in [-0.05, 0) is 37.8 Å². The second-order valence-corrected chi connectivity index (χ2v) is 5.85. The van der Waals surface area contributed by atoms with Gasteiger partial charge >= 0.3 is 0 Å². The van der Waals surface area contributed by atoms with Gasteiger partial charge in [0, 0.05) is 24.3 Å². The van der Waals surface area contributed by atoms with Crippen LogP contribution in [0.1, 0.15) is 51.6 Å². The Morgan fingerprint density at radius 2 is 2.05 bits per heavy atom. The second kappa shape index (κ2) is 6.94. The monoisotopic (exact) mass is 289 g/mol. The Kier molecular flexibility index (Phi) is 5.23. The minimum Gasteiger partial charge on any atom is -0.359 e. The first-order valence-electron chi connectivity index (χ1n) is 8.00. The molecule has 2 unspecified atom stereocenters. The van der Waals surface area contributed by atoms with Crippen molar-refractivity contribution in [3.05, 3.63) is 29.8 Å². The number of para-hydroxylation sites is 1. The topological polar surface area (TPSA) is 58.4 Å². The van der Waals surface area contributed by atoms with Crippen molar-refractivity contribution >= 4 is 11.6 Å². The third-order valence-electron chi connectivity index (χ3n) is 4.51. The third kappa shape index (κ3) is 3.38. The highest BCUT2D eigenvalue weighted by atomic mass is 16.2. The number of nitrogens with zero attached hydrogens (tertiary/aromatic N) is 1. The van der Waals surface area contributed by atoms with Crippen molar-refractivity contribution in [3.63, 3.8) is 0 Å². The predicted molar refractivity (Wildman–Crippen MR) is 87.3 cm³/mol. The smallest absolute Gasteiger partial charge is 0.242 e. The molecule has 0 aliphatic carbocycles. The fourth-order valence-electron chi connectivity index (χ4n) is 2.98. The summed E-state index contributed by atoms with van der Waals surface area (Å²) in [6.45, 7) is 7.02. The maximum atomic E-state index is 12.5. The summed E-state index contributed by atoms with van der Waals surface area (Å²) >= 11 is 0. The second-order valence-electron chi connectivity index (χ2n) is 5.85. The Hall–Kier alpha value is -1.55. The van der Waals surface area contributed by atoms with Gasteiger partial charge in [-0.15, -0.1) is 0 Å². The minimum absolute atomic E-state index is 0.0757. The van der Waals surface area contributed by atoms with E-state index >= 15 is 0 Å². The molecule has 21 heavy (non-hydrogen) atoms. The zero-order valence-electron chi connectivity index (χ0n) is 13.3. The molecule has 0 saturated heterocycles. The molecule has 4 heteroatoms. The molecule has 0 fully saturated rings. The Bertz CT molecular complexity index is 485. The fraction of sp³-hybridized carbons (Fsp3) is 0.588. The van der Waals surface area contributed by atoms with E-state index < -0.39 is 0 Å². The maximum absolute atomic E-state index is 12.5. The molecule has 1 aliphatic rings. The Balaban J connectivity index is 2.15. The van der Waals surface area contributed by atoms with Gasteiger partial charge in [0.2, 0.25) is 5.91 Å². The molecule has 1 aromatic carbocycles. The number of fused-ring (bicyclic) bond motifs is 1. The van der Waals surface area contributed by atoms with Crippen LogP contribution in [0.15, 0.2) is 24.3 Å². The minimum atomic E-state index is -0.167. The van der Waals surface area contributed by atoms with Gasteiger partial charge in [0.1, 0.15) is 6.04 Å². The van der Waals surface area contributed by atoms with Gasteiger partial charge in [-0.3, -0.25) is 4.79 Å². The number of carbonyl (C=O) groups excluding carboxylic acids is 1. The summed E-state index contributed by atoms with van der Waals surface area (Å²) in [7, 11) is 0. The highest BCUT2D eigenvalue weighted by Gasteiger charge is 2.29. The molecule has 0 radical (unpaired) electrons. The average Bonchev–Trinajstić information content (AvgIpc) is 2.52. The quantitative estimate of drug-likeness (QED) is 0.876. The van der Waals surface area contributed by atoms with Gasteiger partial charge in [0.25, 0.3) is 0 Å². The standard InChI is InChI=1S/C17H27N3O/c1-4-13(5-2)19-17(21)12(3)20-11-10-15(18)14-8-6-7-9-16(14)20/h6-9,12-13,15H,4-5,10-11,18H2,1-3H3,(H,19,21). The molecule has 1 aliphatic heterocycles. The van der Waals surface area contributed by atoms with Crippen molar-refractivity contribution in [1.29, 1.82) is 0 Å². The van der Waals surface area contributed by atoms with Crippen molar-refractivity contribution in [3.8, 4) is 0 Å². The fourth-order valence-corrected chi connectivity index (χ4v) is 2.98. The highest BCUT2D eigenvalue weighted by Crippen LogP contribution is 2.33. The molecule has 1 aromatic rings. The van der Waals surface area contributed by atoms with Crippen LogP contribution in [0, 0.1) is 0 Å². The number of nitrogens with one attached hydrogen (secondary N) is 1. The molecule has 0 spiro atoms. The van der Waals surface area contributed by atoms with Gasteiger partial charge < -0.3 is 16.0 Å². The van der Waals surface area contributed by atoms with E-state index in [1.54, 1.807) is 0 Å². The van der Waals surface area contributed by atoms with E-state index in [4.69, 9.17) is 5.73 Å². The van der Waals surface area contributed by atoms with E-state index in [2.05, 4.69) is 36.2 Å². The molecule has 0 saturated carbocycles. The molecule has 116 valence electrons. The molecule has 2 atom stereocenters. The molecule has 3 N–H and O–H groups in total. The van der Waals surface area contributed by atoms with Gasteiger partial charge in [0.15, 0.2) is 0 Å². The van der Waals surface area contributed by atoms with E-state index in [0.29, 0.717) is 0 Å². The zero-order chi connectivity index (χ0) is 15.4. The molecule has 2 rings (SSSR count). The van der Waals surface area contributed by atoms with Crippen LogP contribution < -0.4 is 16.0 Å². The molecule has 4 nitrogen and oxygen atoms in total. The van der Waals surface area contributed by atoms with Crippen molar-refractivity contribution in [2.75, 3.05) is 11.4 Å². The lowest BCUT2D eigenvalue weighted by Gasteiger charge is -2.38. The van der Waals surface area contributed by atoms with E-state index in [1.165, 1.54) is 0 Å². The first-order valence-corrected chi connectivity index (χ1v) is 8.00. The first kappa shape index (κ1) is 15.8. The summed E-state index contributed by atoms with van der Waals surface area (Å²) in [5, 5.41) is 3.14. The third-order valence-corrected chi connectivity index (χ3v) is 4.51. The molecular weight excluding hydrogens is 262 g/mol. The van der Waals surface area contributed by atoms with E-state index in [9.17, 15) is 4.79 Å². The highest BCUT2D eigenvalue weighted by molar-refractivity contribution is 5.85. The van der Waals surface area contributed by atoms with Crippen LogP contribution in [0.25, 0.3) is 0 Å². The van der Waals surface area contributed by atoms with Crippen molar-refractivity contribution < 1.29 is 4.79 Å². The predicted octanol–water partition coefficient (Wildman–Crippen LogP) is 2.59. The van der Waals surface area contributed by atoms with E-state index in [-0.39, 0.29) is 24.0 Å². The van der Waals surface area contributed by atoms with Crippen molar-refractivity contribution in [1.82, 2.24) is 5.32 Å². The number of hydrogen-bond donors (Lipinski definition) is 2. The van der Waals surface area contributed by atoms with Crippen LogP contribution in [0.2, 0.25) is 0 Å². The summed E-state index contributed by atoms with van der Waals surface area (Å²) in [6, 6.07) is 8.33. The Morgan fingerprint density at radius 1 is 1.38 bits per heavy atom. The molecule has 0 bridgehead atoms. The SMILES string of the molecule is CCC(CC)NC(=O)C(C)N1CCC(N)c2ccccc21. The number of anilines is 1. The Labute approximate surface area is 127 Å². The summed E-state index contributed by atoms with van der Waals surface area (Å²) < 4.78 is 0. The maximum Gasteiger partial charge on any atom is 0.242 e. The van der Waals surface area contributed by atoms with Crippen LogP contribution in [-0.4, -0.2) is 24.5 Å². The van der Waals surface area contributed by atoms with Crippen LogP contribution >= 0.6 is 0 Å². The van der Waals surface area contributed by atoms with Gasteiger partial charge in [-0.25, -0.2) is 0 Å². The van der Waals surface area contributed by atoms with Crippen LogP contribution in [0.3, 0.4) is 0 Å². The van der Waals surface area contributed by atoms with E-state index in [1.807, 2.05) is 19.1 Å². The van der Waals surface area contributed by atoms with Crippen molar-refractivity contribution in [2.24, 2.45) is 5.73 Å². The lowest BCUT2D eigenvalue weighted by atomic mass is 9.96. The molecule has 0 aromatic heterocycles. The van der Waals surface area contributed by atoms with Crippen molar-refractivity contribution in [2.45, 2.75) is 58.2 Å². The number of benzene rings is 1. The van der Waals surface area contributed by atoms with Gasteiger partial charge in [-0.1, -0.05) is 32.0 Å². The van der Waals surface area contributed by atoms with E-state index in [0.717, 1.165) is 37.1 Å². The van der Waals surface area contributed by atoms with Gasteiger partial charge in [-0.2, -0.15) is 0 Å². The number of amides is 1. The number of rotatable bonds is 5. The lowest BCUT2D eigenvalue weighted by Crippen LogP contribution is -2.50. The zero-order valence-corrected chi connectivity index (χ0v) is 13.3. The normalized spacial score (nSPS) is 19.3. The molecule has 1 amide bonds. The van der Waals surface area contributed by atoms with Crippen LogP contribution in [0.5, 0.6) is 0 Å². The average molecular weight is 289 g/mol. The number of hydrogen-bond acceptors (Lipinski definition) is 3. The molecule has 1 heterocycles. The summed E-state index contributed by atoms with van der Waals surface area (Å²) in [4.78, 5) is 14.7. The summed E-state index contributed by atoms with van der Waals surface area (Å²) in [5.74, 6) is 0.106. The number of carbonyl (C=O) groups is 1. The molecular formula is C17H27N3O. The largest absolute Gasteiger partial charge is 0.359 e. The first-order chi connectivity index (χ1) is 10.1. The van der Waals surface area contributed by atoms with Crippen LogP contribution in [-0.2, 0) is 4.79 Å².